The van der Waals surface area contributed by atoms with E-state index < -0.39 is 5.41 Å². The van der Waals surface area contributed by atoms with E-state index in [1.54, 1.807) is 19.3 Å². The molecule has 0 amide bonds. The molecular formula is C13H15ClN2OS. The molecule has 0 saturated heterocycles. The van der Waals surface area contributed by atoms with Gasteiger partial charge in [-0.15, -0.1) is 0 Å². The summed E-state index contributed by atoms with van der Waals surface area (Å²) in [6.45, 7) is 0. The van der Waals surface area contributed by atoms with Gasteiger partial charge in [0.15, 0.2) is 0 Å². The van der Waals surface area contributed by atoms with Gasteiger partial charge in [-0.05, 0) is 24.5 Å². The van der Waals surface area contributed by atoms with Crippen LogP contribution in [0.4, 0.5) is 0 Å². The van der Waals surface area contributed by atoms with Gasteiger partial charge in [-0.3, -0.25) is 4.79 Å². The Morgan fingerprint density at radius 1 is 1.50 bits per heavy atom. The molecule has 1 fully saturated rings. The number of hydrogen-bond donors (Lipinski definition) is 1. The van der Waals surface area contributed by atoms with E-state index in [-0.39, 0.29) is 5.78 Å². The summed E-state index contributed by atoms with van der Waals surface area (Å²) >= 11 is 11.2. The number of carbonyl (C=O) groups excluding carboxylic acids is 1. The van der Waals surface area contributed by atoms with Crippen molar-refractivity contribution >= 4 is 34.6 Å². The number of thiocarbonyl (C=S) groups is 1. The highest BCUT2D eigenvalue weighted by Gasteiger charge is 2.45. The summed E-state index contributed by atoms with van der Waals surface area (Å²) in [4.78, 5) is 17.1. The molecule has 3 nitrogen and oxygen atoms in total. The highest BCUT2D eigenvalue weighted by molar-refractivity contribution is 7.80. The maximum Gasteiger partial charge on any atom is 0.150 e. The number of ketones is 1. The van der Waals surface area contributed by atoms with Crippen LogP contribution in [0.15, 0.2) is 18.3 Å². The summed E-state index contributed by atoms with van der Waals surface area (Å²) in [6.07, 6.45) is 4.92. The third-order valence-corrected chi connectivity index (χ3v) is 4.29. The summed E-state index contributed by atoms with van der Waals surface area (Å²) in [7, 11) is 1.76. The fourth-order valence-corrected chi connectivity index (χ4v) is 2.99. The highest BCUT2D eigenvalue weighted by Crippen LogP contribution is 2.37. The number of Topliss-reactive ketones (excluding diaryl/α,β-unsaturated/α-hetero) is 1. The van der Waals surface area contributed by atoms with Gasteiger partial charge in [-0.2, -0.15) is 0 Å². The molecule has 18 heavy (non-hydrogen) atoms. The average molecular weight is 283 g/mol. The second-order valence-electron chi connectivity index (χ2n) is 4.48. The first-order valence-corrected chi connectivity index (χ1v) is 6.77. The van der Waals surface area contributed by atoms with Crippen LogP contribution in [0, 0.1) is 0 Å². The molecule has 2 rings (SSSR count). The minimum absolute atomic E-state index is 0.178. The van der Waals surface area contributed by atoms with Crippen LogP contribution in [-0.2, 0) is 10.2 Å². The maximum absolute atomic E-state index is 12.4. The zero-order valence-electron chi connectivity index (χ0n) is 10.2. The van der Waals surface area contributed by atoms with Gasteiger partial charge in [0.1, 0.15) is 16.4 Å². The van der Waals surface area contributed by atoms with Gasteiger partial charge in [0.05, 0.1) is 4.99 Å². The number of likely N-dealkylation sites (N-methyl/N-ethyl adjacent to an activating group) is 1. The molecule has 0 aromatic carbocycles. The normalized spacial score (nSPS) is 23.8. The first-order chi connectivity index (χ1) is 8.61. The Hall–Kier alpha value is -1.00. The molecule has 1 N–H and O–H groups in total. The Balaban J connectivity index is 2.51. The molecule has 5 heteroatoms. The van der Waals surface area contributed by atoms with E-state index in [9.17, 15) is 4.79 Å². The van der Waals surface area contributed by atoms with E-state index in [1.807, 2.05) is 6.07 Å². The van der Waals surface area contributed by atoms with Crippen molar-refractivity contribution in [2.75, 3.05) is 7.05 Å². The van der Waals surface area contributed by atoms with Gasteiger partial charge >= 0.3 is 0 Å². The van der Waals surface area contributed by atoms with Crippen molar-refractivity contribution in [2.24, 2.45) is 0 Å². The van der Waals surface area contributed by atoms with Gasteiger partial charge in [-0.1, -0.05) is 36.3 Å². The largest absolute Gasteiger partial charge is 0.382 e. The SMILES string of the molecule is CNC(=S)[C@@]1(c2ccc(Cl)nc2)CCCCC1=O. The van der Waals surface area contributed by atoms with E-state index in [1.165, 1.54) is 0 Å². The van der Waals surface area contributed by atoms with Crippen LogP contribution in [0.3, 0.4) is 0 Å². The molecule has 0 aliphatic heterocycles. The van der Waals surface area contributed by atoms with E-state index in [0.29, 0.717) is 16.6 Å². The van der Waals surface area contributed by atoms with E-state index in [0.717, 1.165) is 24.8 Å². The van der Waals surface area contributed by atoms with Crippen molar-refractivity contribution in [2.45, 2.75) is 31.1 Å². The zero-order chi connectivity index (χ0) is 13.2. The van der Waals surface area contributed by atoms with Crippen LogP contribution in [0.5, 0.6) is 0 Å². The standard InChI is InChI=1S/C13H15ClN2OS/c1-15-12(18)13(7-3-2-4-10(13)17)9-5-6-11(14)16-8-9/h5-6,8H,2-4,7H2,1H3,(H,15,18)/t13-/m1/s1. The van der Waals surface area contributed by atoms with E-state index in [4.69, 9.17) is 23.8 Å². The first kappa shape index (κ1) is 13.4. The number of pyridine rings is 1. The van der Waals surface area contributed by atoms with Crippen LogP contribution in [0.1, 0.15) is 31.2 Å². The van der Waals surface area contributed by atoms with Crippen molar-refractivity contribution in [1.29, 1.82) is 0 Å². The molecule has 1 aliphatic carbocycles. The van der Waals surface area contributed by atoms with Crippen LogP contribution in [0.2, 0.25) is 5.15 Å². The smallest absolute Gasteiger partial charge is 0.150 e. The number of hydrogen-bond acceptors (Lipinski definition) is 3. The Bertz CT molecular complexity index is 464. The zero-order valence-corrected chi connectivity index (χ0v) is 11.8. The number of halogens is 1. The fourth-order valence-electron chi connectivity index (χ4n) is 2.55. The molecule has 1 atom stereocenters. The van der Waals surface area contributed by atoms with Crippen LogP contribution in [0.25, 0.3) is 0 Å². The van der Waals surface area contributed by atoms with Gasteiger partial charge in [0.25, 0.3) is 0 Å². The fraction of sp³-hybridized carbons (Fsp3) is 0.462. The predicted octanol–water partition coefficient (Wildman–Crippen LogP) is 2.66. The average Bonchev–Trinajstić information content (AvgIpc) is 2.40. The summed E-state index contributed by atoms with van der Waals surface area (Å²) < 4.78 is 0. The lowest BCUT2D eigenvalue weighted by Gasteiger charge is -2.36. The summed E-state index contributed by atoms with van der Waals surface area (Å²) in [5, 5.41) is 3.39. The van der Waals surface area contributed by atoms with Crippen LogP contribution < -0.4 is 5.32 Å². The third-order valence-electron chi connectivity index (χ3n) is 3.52. The van der Waals surface area contributed by atoms with Crippen molar-refractivity contribution in [1.82, 2.24) is 10.3 Å². The molecule has 0 spiro atoms. The second-order valence-corrected chi connectivity index (χ2v) is 5.28. The van der Waals surface area contributed by atoms with Crippen molar-refractivity contribution in [3.05, 3.63) is 29.0 Å². The van der Waals surface area contributed by atoms with Crippen LogP contribution in [-0.4, -0.2) is 22.8 Å². The Kier molecular flexibility index (Phi) is 3.97. The van der Waals surface area contributed by atoms with Crippen molar-refractivity contribution in [3.8, 4) is 0 Å². The summed E-state index contributed by atoms with van der Waals surface area (Å²) in [6, 6.07) is 3.56. The molecule has 1 heterocycles. The summed E-state index contributed by atoms with van der Waals surface area (Å²) in [5.41, 5.74) is 0.135. The Morgan fingerprint density at radius 3 is 2.83 bits per heavy atom. The van der Waals surface area contributed by atoms with E-state index >= 15 is 0 Å². The van der Waals surface area contributed by atoms with Crippen molar-refractivity contribution < 1.29 is 4.79 Å². The Labute approximate surface area is 117 Å². The molecule has 0 radical (unpaired) electrons. The highest BCUT2D eigenvalue weighted by atomic mass is 35.5. The van der Waals surface area contributed by atoms with Gasteiger partial charge < -0.3 is 5.32 Å². The van der Waals surface area contributed by atoms with Crippen molar-refractivity contribution in [3.63, 3.8) is 0 Å². The summed E-state index contributed by atoms with van der Waals surface area (Å²) in [5.74, 6) is 0.178. The lowest BCUT2D eigenvalue weighted by atomic mass is 9.68. The minimum Gasteiger partial charge on any atom is -0.382 e. The van der Waals surface area contributed by atoms with Crippen LogP contribution >= 0.6 is 23.8 Å². The molecular weight excluding hydrogens is 268 g/mol. The topological polar surface area (TPSA) is 42.0 Å². The molecule has 1 aliphatic rings. The number of nitrogens with one attached hydrogen (secondary N) is 1. The minimum atomic E-state index is -0.708. The monoisotopic (exact) mass is 282 g/mol. The molecule has 0 bridgehead atoms. The predicted molar refractivity (Wildman–Crippen MR) is 76.1 cm³/mol. The third kappa shape index (κ3) is 2.15. The second kappa shape index (κ2) is 5.33. The molecule has 1 aromatic heterocycles. The Morgan fingerprint density at radius 2 is 2.28 bits per heavy atom. The number of carbonyl (C=O) groups is 1. The number of aromatic nitrogens is 1. The van der Waals surface area contributed by atoms with Gasteiger partial charge in [0.2, 0.25) is 0 Å². The first-order valence-electron chi connectivity index (χ1n) is 5.99. The molecule has 1 aromatic rings. The van der Waals surface area contributed by atoms with Gasteiger partial charge in [0, 0.05) is 19.7 Å². The lowest BCUT2D eigenvalue weighted by Crippen LogP contribution is -2.49. The molecule has 0 unspecified atom stereocenters. The van der Waals surface area contributed by atoms with Gasteiger partial charge in [-0.25, -0.2) is 4.98 Å². The molecule has 96 valence electrons. The van der Waals surface area contributed by atoms with E-state index in [2.05, 4.69) is 10.3 Å². The quantitative estimate of drug-likeness (QED) is 0.669. The molecule has 1 saturated carbocycles. The number of rotatable bonds is 2. The lowest BCUT2D eigenvalue weighted by molar-refractivity contribution is -0.123. The maximum atomic E-state index is 12.4. The number of nitrogens with zero attached hydrogens (tertiary/aromatic N) is 1.